The molecule has 0 spiro atoms. The fraction of sp³-hybridized carbons (Fsp3) is 0.149. The van der Waals surface area contributed by atoms with Crippen LogP contribution in [-0.2, 0) is 0 Å². The second-order valence-electron chi connectivity index (χ2n) is 13.0. The van der Waals surface area contributed by atoms with Gasteiger partial charge in [-0.05, 0) is 84.4 Å². The number of benzene rings is 4. The van der Waals surface area contributed by atoms with Crippen LogP contribution in [-0.4, -0.2) is 9.13 Å². The SMILES string of the molecule is C#Cc1c(C=C)c(C(C)CC)n(C2=C(c3ccc(-c4ccc(-n5c6ccccc6c6cccc(C#N)c65)cc4)cc3)CC(C#N)C=C2)c1/C=C\C. The van der Waals surface area contributed by atoms with Crippen LogP contribution in [0.25, 0.3) is 62.0 Å². The Morgan fingerprint density at radius 2 is 1.59 bits per heavy atom. The predicted molar refractivity (Wildman–Crippen MR) is 213 cm³/mol. The number of rotatable bonds is 8. The van der Waals surface area contributed by atoms with Gasteiger partial charge in [-0.2, -0.15) is 10.5 Å². The van der Waals surface area contributed by atoms with Gasteiger partial charge in [-0.1, -0.05) is 111 Å². The molecule has 0 bridgehead atoms. The number of hydrogen-bond acceptors (Lipinski definition) is 2. The van der Waals surface area contributed by atoms with Crippen LogP contribution < -0.4 is 0 Å². The minimum Gasteiger partial charge on any atom is -0.312 e. The minimum atomic E-state index is -0.225. The maximum atomic E-state index is 9.99. The molecule has 51 heavy (non-hydrogen) atoms. The van der Waals surface area contributed by atoms with Crippen LogP contribution in [0.4, 0.5) is 0 Å². The molecular formula is C47H38N4. The lowest BCUT2D eigenvalue weighted by Crippen LogP contribution is -2.12. The van der Waals surface area contributed by atoms with Gasteiger partial charge in [0.2, 0.25) is 0 Å². The lowest BCUT2D eigenvalue weighted by molar-refractivity contribution is 0.690. The van der Waals surface area contributed by atoms with Crippen molar-refractivity contribution >= 4 is 45.2 Å². The molecule has 0 saturated carbocycles. The molecule has 1 aliphatic rings. The Kier molecular flexibility index (Phi) is 8.90. The van der Waals surface area contributed by atoms with E-state index in [1.807, 2.05) is 49.4 Å². The van der Waals surface area contributed by atoms with Crippen molar-refractivity contribution in [1.29, 1.82) is 10.5 Å². The van der Waals surface area contributed by atoms with Gasteiger partial charge in [0.05, 0.1) is 39.8 Å². The molecule has 6 aromatic rings. The highest BCUT2D eigenvalue weighted by atomic mass is 15.0. The van der Waals surface area contributed by atoms with Crippen molar-refractivity contribution in [3.8, 4) is 41.3 Å². The van der Waals surface area contributed by atoms with Gasteiger partial charge in [-0.15, -0.1) is 6.42 Å². The van der Waals surface area contributed by atoms with E-state index >= 15 is 0 Å². The lowest BCUT2D eigenvalue weighted by atomic mass is 9.87. The van der Waals surface area contributed by atoms with Gasteiger partial charge >= 0.3 is 0 Å². The minimum absolute atomic E-state index is 0.225. The number of aromatic nitrogens is 2. The zero-order chi connectivity index (χ0) is 35.6. The second kappa shape index (κ2) is 13.8. The molecule has 7 rings (SSSR count). The highest BCUT2D eigenvalue weighted by Crippen LogP contribution is 2.41. The van der Waals surface area contributed by atoms with Crippen LogP contribution in [0.1, 0.15) is 73.2 Å². The Bertz CT molecular complexity index is 2540. The summed E-state index contributed by atoms with van der Waals surface area (Å²) in [6.45, 7) is 10.6. The van der Waals surface area contributed by atoms with E-state index < -0.39 is 0 Å². The number of nitrogens with zero attached hydrogens (tertiary/aromatic N) is 4. The monoisotopic (exact) mass is 658 g/mol. The van der Waals surface area contributed by atoms with E-state index in [9.17, 15) is 10.5 Å². The van der Waals surface area contributed by atoms with Gasteiger partial charge in [-0.3, -0.25) is 0 Å². The summed E-state index contributed by atoms with van der Waals surface area (Å²) in [5.41, 5.74) is 13.0. The smallest absolute Gasteiger partial charge is 0.101 e. The second-order valence-corrected chi connectivity index (χ2v) is 13.0. The van der Waals surface area contributed by atoms with Gasteiger partial charge in [0.1, 0.15) is 6.07 Å². The molecule has 0 saturated heterocycles. The van der Waals surface area contributed by atoms with Crippen molar-refractivity contribution in [1.82, 2.24) is 9.13 Å². The first-order valence-corrected chi connectivity index (χ1v) is 17.4. The number of para-hydroxylation sites is 2. The number of hydrogen-bond donors (Lipinski definition) is 0. The van der Waals surface area contributed by atoms with E-state index in [0.29, 0.717) is 12.0 Å². The van der Waals surface area contributed by atoms with Gasteiger partial charge < -0.3 is 9.13 Å². The molecule has 0 aliphatic heterocycles. The molecule has 2 aromatic heterocycles. The fourth-order valence-corrected chi connectivity index (χ4v) is 7.55. The molecule has 0 amide bonds. The van der Waals surface area contributed by atoms with Gasteiger partial charge in [0, 0.05) is 33.4 Å². The highest BCUT2D eigenvalue weighted by molar-refractivity contribution is 6.11. The summed E-state index contributed by atoms with van der Waals surface area (Å²) in [6.07, 6.45) is 17.8. The summed E-state index contributed by atoms with van der Waals surface area (Å²) in [5.74, 6) is 2.97. The summed E-state index contributed by atoms with van der Waals surface area (Å²) in [5, 5.41) is 22.2. The first-order chi connectivity index (χ1) is 25.0. The van der Waals surface area contributed by atoms with E-state index in [1.54, 1.807) is 0 Å². The first-order valence-electron chi connectivity index (χ1n) is 17.4. The molecule has 4 nitrogen and oxygen atoms in total. The largest absolute Gasteiger partial charge is 0.312 e. The standard InChI is InChI=1S/C47H38N4/c1-6-13-43-38(8-3)39(9-4)46(31(5)7-2)51(43)45-27-18-32(29-48)28-42(45)35-21-19-33(20-22-35)34-23-25-37(26-24-34)50-44-17-11-10-15-40(44)41-16-12-14-36(30-49)47(41)50/h3,6,9-27,31-32H,4,7,28H2,1-2,5H3/b13-6-. The average molecular weight is 659 g/mol. The molecule has 2 heterocycles. The number of nitriles is 2. The Morgan fingerprint density at radius 1 is 0.902 bits per heavy atom. The van der Waals surface area contributed by atoms with Crippen LogP contribution in [0.2, 0.25) is 0 Å². The summed E-state index contributed by atoms with van der Waals surface area (Å²) in [6, 6.07) is 36.2. The number of fused-ring (bicyclic) bond motifs is 3. The fourth-order valence-electron chi connectivity index (χ4n) is 7.55. The van der Waals surface area contributed by atoms with Crippen LogP contribution in [0.3, 0.4) is 0 Å². The quantitative estimate of drug-likeness (QED) is 0.153. The van der Waals surface area contributed by atoms with E-state index in [-0.39, 0.29) is 11.8 Å². The van der Waals surface area contributed by atoms with Crippen LogP contribution in [0.5, 0.6) is 0 Å². The average Bonchev–Trinajstić information content (AvgIpc) is 3.70. The summed E-state index contributed by atoms with van der Waals surface area (Å²) < 4.78 is 4.49. The normalized spacial score (nSPS) is 14.9. The first kappa shape index (κ1) is 33.0. The van der Waals surface area contributed by atoms with Crippen LogP contribution >= 0.6 is 0 Å². The zero-order valence-corrected chi connectivity index (χ0v) is 29.2. The molecule has 4 heteroatoms. The third-order valence-electron chi connectivity index (χ3n) is 10.2. The van der Waals surface area contributed by atoms with Crippen molar-refractivity contribution in [3.05, 3.63) is 149 Å². The number of allylic oxidation sites excluding steroid dienone is 5. The van der Waals surface area contributed by atoms with Crippen molar-refractivity contribution in [2.24, 2.45) is 5.92 Å². The Hall–Kier alpha value is -6.54. The van der Waals surface area contributed by atoms with Crippen molar-refractivity contribution in [2.75, 3.05) is 0 Å². The van der Waals surface area contributed by atoms with E-state index in [1.165, 1.54) is 0 Å². The van der Waals surface area contributed by atoms with E-state index in [4.69, 9.17) is 6.42 Å². The summed E-state index contributed by atoms with van der Waals surface area (Å²) >= 11 is 0. The maximum absolute atomic E-state index is 9.99. The predicted octanol–water partition coefficient (Wildman–Crippen LogP) is 11.8. The highest BCUT2D eigenvalue weighted by Gasteiger charge is 2.27. The molecule has 2 atom stereocenters. The van der Waals surface area contributed by atoms with Crippen molar-refractivity contribution < 1.29 is 0 Å². The van der Waals surface area contributed by atoms with Crippen molar-refractivity contribution in [3.63, 3.8) is 0 Å². The molecule has 1 aliphatic carbocycles. The summed E-state index contributed by atoms with van der Waals surface area (Å²) in [4.78, 5) is 0. The van der Waals surface area contributed by atoms with Crippen LogP contribution in [0, 0.1) is 40.9 Å². The third-order valence-corrected chi connectivity index (χ3v) is 10.2. The lowest BCUT2D eigenvalue weighted by Gasteiger charge is -2.25. The van der Waals surface area contributed by atoms with Gasteiger partial charge in [0.15, 0.2) is 0 Å². The molecule has 0 N–H and O–H groups in total. The van der Waals surface area contributed by atoms with E-state index in [0.717, 1.165) is 84.4 Å². The Morgan fingerprint density at radius 3 is 2.24 bits per heavy atom. The van der Waals surface area contributed by atoms with Crippen molar-refractivity contribution in [2.45, 2.75) is 39.5 Å². The molecule has 2 unspecified atom stereocenters. The van der Waals surface area contributed by atoms with Gasteiger partial charge in [-0.25, -0.2) is 0 Å². The zero-order valence-electron chi connectivity index (χ0n) is 29.2. The molecular weight excluding hydrogens is 621 g/mol. The number of terminal acetylenes is 1. The molecule has 0 fully saturated rings. The van der Waals surface area contributed by atoms with Crippen LogP contribution in [0.15, 0.2) is 116 Å². The van der Waals surface area contributed by atoms with Gasteiger partial charge in [0.25, 0.3) is 0 Å². The maximum Gasteiger partial charge on any atom is 0.101 e. The van der Waals surface area contributed by atoms with E-state index in [2.05, 4.69) is 127 Å². The third kappa shape index (κ3) is 5.51. The summed E-state index contributed by atoms with van der Waals surface area (Å²) in [7, 11) is 0. The topological polar surface area (TPSA) is 57.4 Å². The molecule has 4 aromatic carbocycles. The Labute approximate surface area is 300 Å². The Balaban J connectivity index is 1.32. The molecule has 0 radical (unpaired) electrons. The molecule has 246 valence electrons.